The average molecular weight is 273 g/mol. The summed E-state index contributed by atoms with van der Waals surface area (Å²) in [4.78, 5) is 12.0. The Morgan fingerprint density at radius 2 is 2.15 bits per heavy atom. The van der Waals surface area contributed by atoms with Gasteiger partial charge < -0.3 is 15.2 Å². The van der Waals surface area contributed by atoms with E-state index in [2.05, 4.69) is 22.7 Å². The third-order valence-corrected chi connectivity index (χ3v) is 3.06. The van der Waals surface area contributed by atoms with Gasteiger partial charge in [0, 0.05) is 11.8 Å². The zero-order chi connectivity index (χ0) is 14.5. The van der Waals surface area contributed by atoms with E-state index in [1.54, 1.807) is 13.0 Å². The van der Waals surface area contributed by atoms with Gasteiger partial charge in [-0.2, -0.15) is 0 Å². The number of rotatable bonds is 5. The number of aryl methyl sites for hydroxylation is 3. The first-order chi connectivity index (χ1) is 9.60. The number of hydrogen-bond donors (Lipinski definition) is 2. The molecule has 2 rings (SSSR count). The van der Waals surface area contributed by atoms with Gasteiger partial charge in [-0.25, -0.2) is 0 Å². The summed E-state index contributed by atoms with van der Waals surface area (Å²) < 4.78 is 4.93. The number of aromatic nitrogens is 1. The summed E-state index contributed by atoms with van der Waals surface area (Å²) in [5, 5.41) is 9.65. The van der Waals surface area contributed by atoms with Crippen molar-refractivity contribution in [1.29, 1.82) is 0 Å². The molecule has 0 aliphatic rings. The minimum absolute atomic E-state index is 0.102. The Kier molecular flexibility index (Phi) is 4.40. The van der Waals surface area contributed by atoms with Crippen molar-refractivity contribution in [1.82, 2.24) is 5.16 Å². The van der Waals surface area contributed by atoms with Crippen LogP contribution in [0.3, 0.4) is 0 Å². The van der Waals surface area contributed by atoms with E-state index < -0.39 is 0 Å². The summed E-state index contributed by atoms with van der Waals surface area (Å²) in [6.45, 7) is 6.02. The van der Waals surface area contributed by atoms with Gasteiger partial charge in [-0.3, -0.25) is 4.79 Å². The average Bonchev–Trinajstić information content (AvgIpc) is 2.84. The molecule has 1 aromatic heterocycles. The molecule has 2 N–H and O–H groups in total. The van der Waals surface area contributed by atoms with Crippen molar-refractivity contribution in [3.63, 3.8) is 0 Å². The fourth-order valence-corrected chi connectivity index (χ4v) is 2.01. The minimum atomic E-state index is -0.102. The largest absolute Gasteiger partial charge is 0.360 e. The van der Waals surface area contributed by atoms with Gasteiger partial charge in [-0.05, 0) is 31.4 Å². The molecule has 0 radical (unpaired) electrons. The lowest BCUT2D eigenvalue weighted by Crippen LogP contribution is -2.23. The molecule has 1 amide bonds. The van der Waals surface area contributed by atoms with E-state index in [0.29, 0.717) is 11.6 Å². The van der Waals surface area contributed by atoms with Crippen molar-refractivity contribution in [3.8, 4) is 0 Å². The van der Waals surface area contributed by atoms with Crippen LogP contribution in [0.4, 0.5) is 11.5 Å². The van der Waals surface area contributed by atoms with Crippen molar-refractivity contribution in [3.05, 3.63) is 41.2 Å². The van der Waals surface area contributed by atoms with E-state index in [1.807, 2.05) is 25.1 Å². The molecule has 0 bridgehead atoms. The molecular formula is C15H19N3O2. The summed E-state index contributed by atoms with van der Waals surface area (Å²) in [7, 11) is 0. The first kappa shape index (κ1) is 14.1. The second kappa shape index (κ2) is 6.23. The first-order valence-corrected chi connectivity index (χ1v) is 6.65. The highest BCUT2D eigenvalue weighted by Gasteiger charge is 2.09. The number of carbonyl (C=O) groups is 1. The van der Waals surface area contributed by atoms with E-state index in [9.17, 15) is 4.79 Å². The molecule has 0 aliphatic heterocycles. The van der Waals surface area contributed by atoms with Gasteiger partial charge >= 0.3 is 0 Å². The third kappa shape index (κ3) is 3.38. The van der Waals surface area contributed by atoms with Gasteiger partial charge in [0.25, 0.3) is 0 Å². The number of para-hydroxylation sites is 1. The Labute approximate surface area is 118 Å². The van der Waals surface area contributed by atoms with Gasteiger partial charge in [-0.1, -0.05) is 30.3 Å². The number of anilines is 2. The molecule has 0 unspecified atom stereocenters. The van der Waals surface area contributed by atoms with E-state index in [0.717, 1.165) is 23.2 Å². The zero-order valence-electron chi connectivity index (χ0n) is 12.0. The number of nitrogens with one attached hydrogen (secondary N) is 2. The Bertz CT molecular complexity index is 605. The van der Waals surface area contributed by atoms with Crippen LogP contribution >= 0.6 is 0 Å². The SMILES string of the molecule is CCc1cccc(C)c1NC(=O)CNc1cc(C)on1. The molecule has 0 aliphatic carbocycles. The molecule has 1 heterocycles. The van der Waals surface area contributed by atoms with Crippen LogP contribution in [0.1, 0.15) is 23.8 Å². The van der Waals surface area contributed by atoms with Crippen LogP contribution in [-0.2, 0) is 11.2 Å². The van der Waals surface area contributed by atoms with Crippen molar-refractivity contribution in [2.45, 2.75) is 27.2 Å². The summed E-state index contributed by atoms with van der Waals surface area (Å²) in [5.74, 6) is 1.17. The molecule has 0 spiro atoms. The third-order valence-electron chi connectivity index (χ3n) is 3.06. The minimum Gasteiger partial charge on any atom is -0.360 e. The van der Waals surface area contributed by atoms with E-state index in [4.69, 9.17) is 4.52 Å². The smallest absolute Gasteiger partial charge is 0.243 e. The van der Waals surface area contributed by atoms with Gasteiger partial charge in [0.1, 0.15) is 5.76 Å². The van der Waals surface area contributed by atoms with Crippen molar-refractivity contribution in [2.24, 2.45) is 0 Å². The van der Waals surface area contributed by atoms with Crippen LogP contribution in [0.5, 0.6) is 0 Å². The highest BCUT2D eigenvalue weighted by molar-refractivity contribution is 5.95. The Balaban J connectivity index is 1.98. The molecule has 5 heteroatoms. The van der Waals surface area contributed by atoms with Gasteiger partial charge in [0.15, 0.2) is 5.82 Å². The molecule has 0 saturated carbocycles. The molecule has 5 nitrogen and oxygen atoms in total. The lowest BCUT2D eigenvalue weighted by atomic mass is 10.1. The van der Waals surface area contributed by atoms with Crippen LogP contribution in [0.2, 0.25) is 0 Å². The molecule has 0 atom stereocenters. The molecule has 20 heavy (non-hydrogen) atoms. The number of benzene rings is 1. The highest BCUT2D eigenvalue weighted by atomic mass is 16.5. The number of hydrogen-bond acceptors (Lipinski definition) is 4. The topological polar surface area (TPSA) is 67.2 Å². The quantitative estimate of drug-likeness (QED) is 0.879. The predicted octanol–water partition coefficient (Wildman–Crippen LogP) is 2.90. The molecule has 0 fully saturated rings. The van der Waals surface area contributed by atoms with E-state index in [-0.39, 0.29) is 12.5 Å². The fraction of sp³-hybridized carbons (Fsp3) is 0.333. The monoisotopic (exact) mass is 273 g/mol. The maximum absolute atomic E-state index is 12.0. The van der Waals surface area contributed by atoms with Crippen molar-refractivity contribution < 1.29 is 9.32 Å². The molecule has 2 aromatic rings. The normalized spacial score (nSPS) is 10.3. The van der Waals surface area contributed by atoms with Crippen molar-refractivity contribution in [2.75, 3.05) is 17.2 Å². The van der Waals surface area contributed by atoms with Gasteiger partial charge in [0.05, 0.1) is 6.54 Å². The van der Waals surface area contributed by atoms with Gasteiger partial charge in [-0.15, -0.1) is 0 Å². The summed E-state index contributed by atoms with van der Waals surface area (Å²) in [6, 6.07) is 7.76. The van der Waals surface area contributed by atoms with Crippen LogP contribution in [-0.4, -0.2) is 17.6 Å². The second-order valence-electron chi connectivity index (χ2n) is 4.69. The van der Waals surface area contributed by atoms with Crippen LogP contribution in [0, 0.1) is 13.8 Å². The number of amides is 1. The molecule has 0 saturated heterocycles. The molecule has 1 aromatic carbocycles. The predicted molar refractivity (Wildman–Crippen MR) is 78.9 cm³/mol. The van der Waals surface area contributed by atoms with Crippen molar-refractivity contribution >= 4 is 17.4 Å². The van der Waals surface area contributed by atoms with Crippen LogP contribution < -0.4 is 10.6 Å². The van der Waals surface area contributed by atoms with E-state index in [1.165, 1.54) is 0 Å². The van der Waals surface area contributed by atoms with Gasteiger partial charge in [0.2, 0.25) is 5.91 Å². The summed E-state index contributed by atoms with van der Waals surface area (Å²) in [6.07, 6.45) is 0.882. The van der Waals surface area contributed by atoms with Crippen LogP contribution in [0.25, 0.3) is 0 Å². The fourth-order valence-electron chi connectivity index (χ4n) is 2.01. The number of carbonyl (C=O) groups excluding carboxylic acids is 1. The van der Waals surface area contributed by atoms with Crippen LogP contribution in [0.15, 0.2) is 28.8 Å². The molecular weight excluding hydrogens is 254 g/mol. The molecule has 106 valence electrons. The first-order valence-electron chi connectivity index (χ1n) is 6.65. The zero-order valence-corrected chi connectivity index (χ0v) is 12.0. The Morgan fingerprint density at radius 1 is 1.35 bits per heavy atom. The summed E-state index contributed by atoms with van der Waals surface area (Å²) >= 11 is 0. The lowest BCUT2D eigenvalue weighted by Gasteiger charge is -2.13. The standard InChI is InChI=1S/C15H19N3O2/c1-4-12-7-5-6-10(2)15(12)17-14(19)9-16-13-8-11(3)20-18-13/h5-8H,4,9H2,1-3H3,(H,16,18)(H,17,19). The maximum Gasteiger partial charge on any atom is 0.243 e. The maximum atomic E-state index is 12.0. The highest BCUT2D eigenvalue weighted by Crippen LogP contribution is 2.20. The lowest BCUT2D eigenvalue weighted by molar-refractivity contribution is -0.114. The number of nitrogens with zero attached hydrogens (tertiary/aromatic N) is 1. The summed E-state index contributed by atoms with van der Waals surface area (Å²) in [5.41, 5.74) is 3.10. The second-order valence-corrected chi connectivity index (χ2v) is 4.69. The Hall–Kier alpha value is -2.30. The Morgan fingerprint density at radius 3 is 2.80 bits per heavy atom. The van der Waals surface area contributed by atoms with E-state index >= 15 is 0 Å².